The van der Waals surface area contributed by atoms with E-state index in [0.717, 1.165) is 4.90 Å². The van der Waals surface area contributed by atoms with Crippen molar-refractivity contribution in [3.8, 4) is 5.75 Å². The van der Waals surface area contributed by atoms with Crippen molar-refractivity contribution >= 4 is 29.4 Å². The highest BCUT2D eigenvalue weighted by molar-refractivity contribution is 6.08. The van der Waals surface area contributed by atoms with Gasteiger partial charge < -0.3 is 14.8 Å². The molecule has 3 amide bonds. The Morgan fingerprint density at radius 2 is 1.72 bits per heavy atom. The summed E-state index contributed by atoms with van der Waals surface area (Å²) in [6, 6.07) is 5.67. The van der Waals surface area contributed by atoms with Crippen LogP contribution in [-0.4, -0.2) is 47.8 Å². The predicted molar refractivity (Wildman–Crippen MR) is 104 cm³/mol. The lowest BCUT2D eigenvalue weighted by Gasteiger charge is -2.23. The number of carbonyl (C=O) groups is 4. The summed E-state index contributed by atoms with van der Waals surface area (Å²) in [6.07, 6.45) is 3.64. The number of benzene rings is 1. The van der Waals surface area contributed by atoms with Crippen LogP contribution in [0.5, 0.6) is 5.75 Å². The molecule has 8 nitrogen and oxygen atoms in total. The van der Waals surface area contributed by atoms with Gasteiger partial charge in [0, 0.05) is 11.8 Å². The van der Waals surface area contributed by atoms with E-state index in [-0.39, 0.29) is 11.8 Å². The quantitative estimate of drug-likeness (QED) is 0.445. The molecule has 0 aromatic heterocycles. The molecule has 29 heavy (non-hydrogen) atoms. The van der Waals surface area contributed by atoms with Gasteiger partial charge in [-0.15, -0.1) is 0 Å². The first-order valence-electron chi connectivity index (χ1n) is 9.50. The molecular formula is C21H24N2O6. The van der Waals surface area contributed by atoms with E-state index in [1.807, 2.05) is 12.2 Å². The number of methoxy groups -OCH3 is 1. The molecule has 1 aliphatic heterocycles. The topological polar surface area (TPSA) is 102 Å². The van der Waals surface area contributed by atoms with Gasteiger partial charge in [-0.05, 0) is 38.8 Å². The van der Waals surface area contributed by atoms with Gasteiger partial charge in [-0.1, -0.05) is 18.2 Å². The molecular weight excluding hydrogens is 376 g/mol. The number of hydrogen-bond donors (Lipinski definition) is 1. The minimum Gasteiger partial charge on any atom is -0.497 e. The van der Waals surface area contributed by atoms with Crippen LogP contribution in [0.4, 0.5) is 5.69 Å². The van der Waals surface area contributed by atoms with Crippen LogP contribution in [0.15, 0.2) is 36.4 Å². The first-order valence-corrected chi connectivity index (χ1v) is 9.50. The maximum absolute atomic E-state index is 12.6. The van der Waals surface area contributed by atoms with Crippen molar-refractivity contribution in [2.75, 3.05) is 12.4 Å². The van der Waals surface area contributed by atoms with E-state index >= 15 is 0 Å². The molecule has 0 saturated carbocycles. The molecule has 0 unspecified atom stereocenters. The molecule has 4 atom stereocenters. The second-order valence-electron chi connectivity index (χ2n) is 7.18. The molecule has 1 fully saturated rings. The normalized spacial score (nSPS) is 22.7. The van der Waals surface area contributed by atoms with E-state index in [1.54, 1.807) is 24.3 Å². The highest BCUT2D eigenvalue weighted by atomic mass is 16.5. The fourth-order valence-electron chi connectivity index (χ4n) is 3.58. The Bertz CT molecular complexity index is 838. The average Bonchev–Trinajstić information content (AvgIpc) is 2.98. The zero-order valence-electron chi connectivity index (χ0n) is 16.6. The van der Waals surface area contributed by atoms with Gasteiger partial charge in [0.2, 0.25) is 11.8 Å². The molecule has 0 spiro atoms. The third-order valence-electron chi connectivity index (χ3n) is 5.27. The number of likely N-dealkylation sites (tertiary alicyclic amines) is 1. The van der Waals surface area contributed by atoms with Crippen molar-refractivity contribution < 1.29 is 28.7 Å². The molecule has 1 saturated heterocycles. The first-order chi connectivity index (χ1) is 13.8. The SMILES string of the molecule is COc1cccc(NC(=O)[C@@H](C)OC(=O)[C@@H](C)N2C(=O)[C@H]3CC=CC[C@H]3C2=O)c1. The van der Waals surface area contributed by atoms with Crippen LogP contribution in [0, 0.1) is 11.8 Å². The van der Waals surface area contributed by atoms with Crippen LogP contribution in [-0.2, 0) is 23.9 Å². The van der Waals surface area contributed by atoms with Crippen molar-refractivity contribution in [1.82, 2.24) is 4.90 Å². The summed E-state index contributed by atoms with van der Waals surface area (Å²) in [7, 11) is 1.51. The number of nitrogens with one attached hydrogen (secondary N) is 1. The largest absolute Gasteiger partial charge is 0.497 e. The molecule has 1 N–H and O–H groups in total. The number of carbonyl (C=O) groups excluding carboxylic acids is 4. The Morgan fingerprint density at radius 1 is 1.10 bits per heavy atom. The number of nitrogens with zero attached hydrogens (tertiary/aromatic N) is 1. The van der Waals surface area contributed by atoms with Gasteiger partial charge in [-0.3, -0.25) is 19.3 Å². The monoisotopic (exact) mass is 400 g/mol. The second kappa shape index (κ2) is 8.46. The van der Waals surface area contributed by atoms with E-state index in [2.05, 4.69) is 5.32 Å². The molecule has 1 heterocycles. The van der Waals surface area contributed by atoms with E-state index < -0.39 is 35.9 Å². The summed E-state index contributed by atoms with van der Waals surface area (Å²) >= 11 is 0. The molecule has 8 heteroatoms. The summed E-state index contributed by atoms with van der Waals surface area (Å²) in [5.74, 6) is -2.32. The third-order valence-corrected chi connectivity index (χ3v) is 5.27. The fraction of sp³-hybridized carbons (Fsp3) is 0.429. The Kier molecular flexibility index (Phi) is 6.00. The van der Waals surface area contributed by atoms with E-state index in [9.17, 15) is 19.2 Å². The highest BCUT2D eigenvalue weighted by Gasteiger charge is 2.50. The number of esters is 1. The number of allylic oxidation sites excluding steroid dienone is 2. The van der Waals surface area contributed by atoms with Crippen LogP contribution >= 0.6 is 0 Å². The third kappa shape index (κ3) is 4.16. The molecule has 1 aromatic rings. The van der Waals surface area contributed by atoms with Crippen molar-refractivity contribution in [3.63, 3.8) is 0 Å². The van der Waals surface area contributed by atoms with Gasteiger partial charge in [-0.25, -0.2) is 4.79 Å². The number of hydrogen-bond acceptors (Lipinski definition) is 6. The number of ether oxygens (including phenoxy) is 2. The van der Waals surface area contributed by atoms with E-state index in [0.29, 0.717) is 24.3 Å². The van der Waals surface area contributed by atoms with Crippen LogP contribution in [0.25, 0.3) is 0 Å². The summed E-state index contributed by atoms with van der Waals surface area (Å²) in [5, 5.41) is 2.64. The number of rotatable bonds is 6. The lowest BCUT2D eigenvalue weighted by molar-refractivity contribution is -0.163. The van der Waals surface area contributed by atoms with Crippen molar-refractivity contribution in [3.05, 3.63) is 36.4 Å². The molecule has 2 aliphatic rings. The summed E-state index contributed by atoms with van der Waals surface area (Å²) in [6.45, 7) is 2.87. The minimum absolute atomic E-state index is 0.359. The summed E-state index contributed by atoms with van der Waals surface area (Å²) in [4.78, 5) is 51.0. The number of imide groups is 1. The first kappa shape index (κ1) is 20.6. The molecule has 0 bridgehead atoms. The number of anilines is 1. The van der Waals surface area contributed by atoms with Gasteiger partial charge in [0.05, 0.1) is 18.9 Å². The van der Waals surface area contributed by atoms with Gasteiger partial charge >= 0.3 is 5.97 Å². The van der Waals surface area contributed by atoms with Gasteiger partial charge in [0.1, 0.15) is 11.8 Å². The van der Waals surface area contributed by atoms with Crippen LogP contribution in [0.1, 0.15) is 26.7 Å². The van der Waals surface area contributed by atoms with Crippen molar-refractivity contribution in [2.24, 2.45) is 11.8 Å². The van der Waals surface area contributed by atoms with Crippen LogP contribution in [0.2, 0.25) is 0 Å². The van der Waals surface area contributed by atoms with Crippen molar-refractivity contribution in [1.29, 1.82) is 0 Å². The number of amides is 3. The lowest BCUT2D eigenvalue weighted by atomic mass is 9.85. The maximum atomic E-state index is 12.6. The number of fused-ring (bicyclic) bond motifs is 1. The molecule has 3 rings (SSSR count). The van der Waals surface area contributed by atoms with E-state index in [4.69, 9.17) is 9.47 Å². The molecule has 154 valence electrons. The fourth-order valence-corrected chi connectivity index (χ4v) is 3.58. The van der Waals surface area contributed by atoms with Crippen LogP contribution < -0.4 is 10.1 Å². The van der Waals surface area contributed by atoms with Gasteiger partial charge in [-0.2, -0.15) is 0 Å². The molecule has 0 radical (unpaired) electrons. The Labute approximate surface area is 168 Å². The molecule has 1 aliphatic carbocycles. The highest BCUT2D eigenvalue weighted by Crippen LogP contribution is 2.36. The Balaban J connectivity index is 1.60. The standard InChI is InChI=1S/C21H24N2O6/c1-12(23-19(25)16-9-4-5-10-17(16)20(23)26)21(27)29-13(2)18(24)22-14-7-6-8-15(11-14)28-3/h4-8,11-13,16-17H,9-10H2,1-3H3,(H,22,24)/t12-,13-,16-,17+/m1/s1. The average molecular weight is 400 g/mol. The second-order valence-corrected chi connectivity index (χ2v) is 7.18. The zero-order valence-corrected chi connectivity index (χ0v) is 16.6. The maximum Gasteiger partial charge on any atom is 0.329 e. The van der Waals surface area contributed by atoms with Gasteiger partial charge in [0.15, 0.2) is 6.10 Å². The molecule has 1 aromatic carbocycles. The zero-order chi connectivity index (χ0) is 21.1. The summed E-state index contributed by atoms with van der Waals surface area (Å²) in [5.41, 5.74) is 0.492. The van der Waals surface area contributed by atoms with Gasteiger partial charge in [0.25, 0.3) is 5.91 Å². The smallest absolute Gasteiger partial charge is 0.329 e. The lowest BCUT2D eigenvalue weighted by Crippen LogP contribution is -2.46. The summed E-state index contributed by atoms with van der Waals surface area (Å²) < 4.78 is 10.3. The predicted octanol–water partition coefficient (Wildman–Crippen LogP) is 1.91. The van der Waals surface area contributed by atoms with Crippen LogP contribution in [0.3, 0.4) is 0 Å². The van der Waals surface area contributed by atoms with E-state index in [1.165, 1.54) is 21.0 Å². The minimum atomic E-state index is -1.10. The van der Waals surface area contributed by atoms with Crippen molar-refractivity contribution in [2.45, 2.75) is 38.8 Å². The Morgan fingerprint density at radius 3 is 2.31 bits per heavy atom. The Hall–Kier alpha value is -3.16.